The molecule has 11 heteroatoms. The topological polar surface area (TPSA) is 150 Å². The number of hydrazine groups is 1. The van der Waals surface area contributed by atoms with E-state index in [0.29, 0.717) is 30.6 Å². The van der Waals surface area contributed by atoms with E-state index in [1.807, 2.05) is 24.3 Å². The van der Waals surface area contributed by atoms with Gasteiger partial charge in [-0.2, -0.15) is 0 Å². The van der Waals surface area contributed by atoms with Crippen molar-refractivity contribution in [3.63, 3.8) is 0 Å². The molecule has 1 aromatic heterocycles. The number of hydrogen-bond donors (Lipinski definition) is 4. The van der Waals surface area contributed by atoms with Crippen LogP contribution in [0, 0.1) is 11.8 Å². The van der Waals surface area contributed by atoms with Crippen LogP contribution in [0.15, 0.2) is 36.4 Å². The number of ether oxygens (including phenoxy) is 1. The van der Waals surface area contributed by atoms with Crippen molar-refractivity contribution in [3.05, 3.63) is 47.7 Å². The fraction of sp³-hybridized carbons (Fsp3) is 0.500. The molecule has 2 aliphatic rings. The highest BCUT2D eigenvalue weighted by molar-refractivity contribution is 5.93. The van der Waals surface area contributed by atoms with Crippen molar-refractivity contribution < 1.29 is 29.0 Å². The molecule has 4 N–H and O–H groups in total. The Hall–Kier alpha value is -3.83. The number of esters is 1. The number of carbonyl (C=O) groups is 4. The standard InChI is InChI=1S/C30H39N5O6/c1-16(2)26-28(38)31-17(3)29(39)35-14-6-7-24(34-35)30(40)41-19(5)23-13-11-21-10-8-20(15-25(21)32-23)9-12-22(18(4)36)27(37)33-26/h8-13,15-19,22,24,26,34,36H,6-7,14H2,1-5H3,(H,31,38)(H,33,37)/b12-9+/t17-,18+,19+,22+,24-,26-/m0/s1. The van der Waals surface area contributed by atoms with E-state index in [9.17, 15) is 24.3 Å². The molecule has 2 aromatic rings. The summed E-state index contributed by atoms with van der Waals surface area (Å²) >= 11 is 0. The Labute approximate surface area is 239 Å². The van der Waals surface area contributed by atoms with Crippen molar-refractivity contribution in [1.29, 1.82) is 0 Å². The van der Waals surface area contributed by atoms with Gasteiger partial charge in [-0.3, -0.25) is 24.2 Å². The lowest BCUT2D eigenvalue weighted by atomic mass is 9.97. The number of rotatable bonds is 2. The lowest BCUT2D eigenvalue weighted by molar-refractivity contribution is -0.157. The van der Waals surface area contributed by atoms with Crippen LogP contribution in [-0.4, -0.2) is 69.6 Å². The molecule has 0 radical (unpaired) electrons. The van der Waals surface area contributed by atoms with E-state index in [1.54, 1.807) is 45.9 Å². The lowest BCUT2D eigenvalue weighted by Gasteiger charge is -2.35. The van der Waals surface area contributed by atoms with Crippen LogP contribution in [0.4, 0.5) is 0 Å². The molecule has 3 heterocycles. The van der Waals surface area contributed by atoms with E-state index >= 15 is 0 Å². The summed E-state index contributed by atoms with van der Waals surface area (Å²) in [7, 11) is 0. The Balaban J connectivity index is 1.71. The first-order chi connectivity index (χ1) is 19.4. The molecule has 41 heavy (non-hydrogen) atoms. The van der Waals surface area contributed by atoms with Gasteiger partial charge in [-0.1, -0.05) is 44.2 Å². The molecule has 11 nitrogen and oxygen atoms in total. The van der Waals surface area contributed by atoms with Gasteiger partial charge in [0.15, 0.2) is 0 Å². The molecule has 6 atom stereocenters. The Morgan fingerprint density at radius 3 is 2.46 bits per heavy atom. The number of aliphatic hydroxyl groups is 1. The van der Waals surface area contributed by atoms with Crippen molar-refractivity contribution >= 4 is 40.7 Å². The van der Waals surface area contributed by atoms with Gasteiger partial charge in [-0.05, 0) is 57.2 Å². The number of aliphatic hydroxyl groups excluding tert-OH is 1. The number of amides is 3. The fourth-order valence-corrected chi connectivity index (χ4v) is 4.98. The number of nitrogens with zero attached hydrogens (tertiary/aromatic N) is 2. The number of carbonyl (C=O) groups excluding carboxylic acids is 4. The molecule has 1 aromatic carbocycles. The molecule has 2 aliphatic heterocycles. The van der Waals surface area contributed by atoms with E-state index in [2.05, 4.69) is 16.1 Å². The molecule has 1 fully saturated rings. The summed E-state index contributed by atoms with van der Waals surface area (Å²) in [5.74, 6) is -3.17. The largest absolute Gasteiger partial charge is 0.455 e. The van der Waals surface area contributed by atoms with Crippen LogP contribution in [0.25, 0.3) is 17.0 Å². The van der Waals surface area contributed by atoms with Crippen LogP contribution >= 0.6 is 0 Å². The van der Waals surface area contributed by atoms with Gasteiger partial charge in [0.05, 0.1) is 23.2 Å². The Morgan fingerprint density at radius 2 is 1.76 bits per heavy atom. The smallest absolute Gasteiger partial charge is 0.325 e. The number of nitrogens with one attached hydrogen (secondary N) is 3. The minimum Gasteiger partial charge on any atom is -0.455 e. The average molecular weight is 566 g/mol. The van der Waals surface area contributed by atoms with Gasteiger partial charge in [0.1, 0.15) is 24.2 Å². The zero-order chi connectivity index (χ0) is 29.8. The van der Waals surface area contributed by atoms with Crippen LogP contribution in [0.1, 0.15) is 64.8 Å². The first-order valence-electron chi connectivity index (χ1n) is 14.1. The highest BCUT2D eigenvalue weighted by atomic mass is 16.5. The number of cyclic esters (lactones) is 1. The summed E-state index contributed by atoms with van der Waals surface area (Å²) in [6, 6.07) is 6.72. The third-order valence-electron chi connectivity index (χ3n) is 7.48. The molecule has 0 aliphatic carbocycles. The van der Waals surface area contributed by atoms with Gasteiger partial charge < -0.3 is 20.5 Å². The number of hydrogen-bond acceptors (Lipinski definition) is 8. The van der Waals surface area contributed by atoms with E-state index in [1.165, 1.54) is 11.9 Å². The molecule has 5 bridgehead atoms. The van der Waals surface area contributed by atoms with Crippen molar-refractivity contribution in [1.82, 2.24) is 26.1 Å². The van der Waals surface area contributed by atoms with Crippen molar-refractivity contribution in [3.8, 4) is 0 Å². The van der Waals surface area contributed by atoms with Crippen LogP contribution in [-0.2, 0) is 23.9 Å². The van der Waals surface area contributed by atoms with Crippen LogP contribution < -0.4 is 16.1 Å². The number of aromatic nitrogens is 1. The molecule has 3 amide bonds. The van der Waals surface area contributed by atoms with Gasteiger partial charge in [0.25, 0.3) is 5.91 Å². The van der Waals surface area contributed by atoms with Crippen molar-refractivity contribution in [2.45, 2.75) is 77.8 Å². The van der Waals surface area contributed by atoms with Crippen LogP contribution in [0.2, 0.25) is 0 Å². The zero-order valence-electron chi connectivity index (χ0n) is 24.1. The summed E-state index contributed by atoms with van der Waals surface area (Å²) < 4.78 is 5.73. The fourth-order valence-electron chi connectivity index (χ4n) is 4.98. The summed E-state index contributed by atoms with van der Waals surface area (Å²) in [6.07, 6.45) is 2.72. The predicted molar refractivity (Wildman–Crippen MR) is 153 cm³/mol. The van der Waals surface area contributed by atoms with E-state index in [0.717, 1.165) is 10.9 Å². The predicted octanol–water partition coefficient (Wildman–Crippen LogP) is 2.00. The van der Waals surface area contributed by atoms with Gasteiger partial charge >= 0.3 is 5.97 Å². The summed E-state index contributed by atoms with van der Waals surface area (Å²) in [5.41, 5.74) is 4.95. The Bertz CT molecular complexity index is 1340. The molecule has 220 valence electrons. The minimum absolute atomic E-state index is 0.295. The summed E-state index contributed by atoms with van der Waals surface area (Å²) in [4.78, 5) is 57.4. The van der Waals surface area contributed by atoms with Crippen molar-refractivity contribution in [2.75, 3.05) is 6.54 Å². The number of fused-ring (bicyclic) bond motifs is 4. The molecular formula is C30H39N5O6. The highest BCUT2D eigenvalue weighted by Crippen LogP contribution is 2.23. The van der Waals surface area contributed by atoms with Gasteiger partial charge in [0.2, 0.25) is 11.8 Å². The number of benzene rings is 1. The third kappa shape index (κ3) is 7.09. The normalized spacial score (nSPS) is 28.2. The lowest BCUT2D eigenvalue weighted by Crippen LogP contribution is -2.61. The van der Waals surface area contributed by atoms with Gasteiger partial charge in [-0.15, -0.1) is 0 Å². The van der Waals surface area contributed by atoms with Crippen LogP contribution in [0.3, 0.4) is 0 Å². The second-order valence-corrected chi connectivity index (χ2v) is 11.2. The van der Waals surface area contributed by atoms with E-state index in [4.69, 9.17) is 9.72 Å². The summed E-state index contributed by atoms with van der Waals surface area (Å²) in [5, 5.41) is 18.1. The maximum Gasteiger partial charge on any atom is 0.325 e. The quantitative estimate of drug-likeness (QED) is 0.404. The minimum atomic E-state index is -1.02. The first kappa shape index (κ1) is 30.1. The maximum absolute atomic E-state index is 13.3. The molecular weight excluding hydrogens is 526 g/mol. The van der Waals surface area contributed by atoms with Gasteiger partial charge in [0, 0.05) is 11.9 Å². The molecule has 0 saturated carbocycles. The SMILES string of the molecule is CC(C)[C@@H]1NC(=O)[C@@H]([C@@H](C)O)/C=C/c2ccc3ccc(nc3c2)[C@@H](C)OC(=O)[C@@H]2CCCN(N2)C(=O)[C@H](C)NC1=O. The summed E-state index contributed by atoms with van der Waals surface area (Å²) in [6.45, 7) is 8.73. The maximum atomic E-state index is 13.3. The average Bonchev–Trinajstić information content (AvgIpc) is 2.94. The van der Waals surface area contributed by atoms with E-state index < -0.39 is 59.9 Å². The van der Waals surface area contributed by atoms with Crippen LogP contribution in [0.5, 0.6) is 0 Å². The second kappa shape index (κ2) is 12.8. The molecule has 0 unspecified atom stereocenters. The van der Waals surface area contributed by atoms with Gasteiger partial charge in [-0.25, -0.2) is 10.4 Å². The Morgan fingerprint density at radius 1 is 1.02 bits per heavy atom. The first-order valence-corrected chi connectivity index (χ1v) is 14.1. The van der Waals surface area contributed by atoms with Crippen molar-refractivity contribution in [2.24, 2.45) is 11.8 Å². The molecule has 1 saturated heterocycles. The molecule has 0 spiro atoms. The third-order valence-corrected chi connectivity index (χ3v) is 7.48. The second-order valence-electron chi connectivity index (χ2n) is 11.2. The highest BCUT2D eigenvalue weighted by Gasteiger charge is 2.34. The van der Waals surface area contributed by atoms with E-state index in [-0.39, 0.29) is 5.92 Å². The Kier molecular flexibility index (Phi) is 9.39. The zero-order valence-corrected chi connectivity index (χ0v) is 24.1. The number of pyridine rings is 1. The monoisotopic (exact) mass is 565 g/mol. The molecule has 4 rings (SSSR count).